The van der Waals surface area contributed by atoms with E-state index in [1.807, 2.05) is 12.1 Å². The van der Waals surface area contributed by atoms with Crippen molar-refractivity contribution < 1.29 is 8.42 Å². The SMILES string of the molecule is CN(C)S(=O)(=O)N1CCC(Cc2cccnc2Cl)CC1. The summed E-state index contributed by atoms with van der Waals surface area (Å²) in [6.07, 6.45) is 4.26. The fraction of sp³-hybridized carbons (Fsp3) is 0.615. The van der Waals surface area contributed by atoms with Gasteiger partial charge in [-0.2, -0.15) is 17.0 Å². The maximum Gasteiger partial charge on any atom is 0.281 e. The average molecular weight is 318 g/mol. The molecule has 1 aromatic rings. The number of pyridine rings is 1. The van der Waals surface area contributed by atoms with Crippen LogP contribution in [0.3, 0.4) is 0 Å². The lowest BCUT2D eigenvalue weighted by atomic mass is 9.91. The van der Waals surface area contributed by atoms with Crippen LogP contribution in [0.4, 0.5) is 0 Å². The first-order chi connectivity index (χ1) is 9.41. The zero-order valence-corrected chi connectivity index (χ0v) is 13.4. The minimum absolute atomic E-state index is 0.463. The van der Waals surface area contributed by atoms with E-state index >= 15 is 0 Å². The molecule has 0 aromatic carbocycles. The standard InChI is InChI=1S/C13H20ClN3O2S/c1-16(2)20(18,19)17-8-5-11(6-9-17)10-12-4-3-7-15-13(12)14/h3-4,7,11H,5-6,8-10H2,1-2H3. The minimum atomic E-state index is -3.28. The monoisotopic (exact) mass is 317 g/mol. The summed E-state index contributed by atoms with van der Waals surface area (Å²) >= 11 is 6.06. The van der Waals surface area contributed by atoms with E-state index in [0.717, 1.165) is 24.8 Å². The van der Waals surface area contributed by atoms with Gasteiger partial charge in [0.2, 0.25) is 0 Å². The van der Waals surface area contributed by atoms with E-state index < -0.39 is 10.2 Å². The molecule has 1 saturated heterocycles. The molecule has 0 unspecified atom stereocenters. The van der Waals surface area contributed by atoms with Crippen molar-refractivity contribution in [1.82, 2.24) is 13.6 Å². The number of hydrogen-bond acceptors (Lipinski definition) is 3. The van der Waals surface area contributed by atoms with E-state index in [2.05, 4.69) is 4.98 Å². The van der Waals surface area contributed by atoms with Crippen LogP contribution < -0.4 is 0 Å². The molecular formula is C13H20ClN3O2S. The van der Waals surface area contributed by atoms with E-state index in [1.54, 1.807) is 24.6 Å². The van der Waals surface area contributed by atoms with Crippen molar-refractivity contribution in [2.24, 2.45) is 5.92 Å². The predicted molar refractivity (Wildman–Crippen MR) is 79.9 cm³/mol. The molecule has 1 aliphatic heterocycles. The Hall–Kier alpha value is -0.690. The summed E-state index contributed by atoms with van der Waals surface area (Å²) in [7, 11) is -0.144. The first-order valence-corrected chi connectivity index (χ1v) is 8.45. The third-order valence-electron chi connectivity index (χ3n) is 3.71. The predicted octanol–water partition coefficient (Wildman–Crippen LogP) is 1.80. The molecule has 0 N–H and O–H groups in total. The van der Waals surface area contributed by atoms with Crippen LogP contribution in [-0.4, -0.2) is 49.2 Å². The molecule has 1 aliphatic rings. The molecule has 0 spiro atoms. The van der Waals surface area contributed by atoms with E-state index in [-0.39, 0.29) is 0 Å². The molecule has 0 saturated carbocycles. The van der Waals surface area contributed by atoms with Gasteiger partial charge in [-0.15, -0.1) is 0 Å². The Morgan fingerprint density at radius 2 is 2.05 bits per heavy atom. The van der Waals surface area contributed by atoms with Crippen molar-refractivity contribution in [3.8, 4) is 0 Å². The Morgan fingerprint density at radius 1 is 1.40 bits per heavy atom. The first-order valence-electron chi connectivity index (χ1n) is 6.68. The highest BCUT2D eigenvalue weighted by atomic mass is 35.5. The highest BCUT2D eigenvalue weighted by molar-refractivity contribution is 7.86. The van der Waals surface area contributed by atoms with Crippen LogP contribution >= 0.6 is 11.6 Å². The Morgan fingerprint density at radius 3 is 2.60 bits per heavy atom. The summed E-state index contributed by atoms with van der Waals surface area (Å²) in [6, 6.07) is 3.87. The third-order valence-corrected chi connectivity index (χ3v) is 5.99. The Labute approximate surface area is 125 Å². The van der Waals surface area contributed by atoms with Gasteiger partial charge in [0, 0.05) is 33.4 Å². The zero-order chi connectivity index (χ0) is 14.8. The lowest BCUT2D eigenvalue weighted by Gasteiger charge is -2.32. The summed E-state index contributed by atoms with van der Waals surface area (Å²) in [6.45, 7) is 1.14. The molecule has 0 aliphatic carbocycles. The smallest absolute Gasteiger partial charge is 0.244 e. The second-order valence-electron chi connectivity index (χ2n) is 5.29. The summed E-state index contributed by atoms with van der Waals surface area (Å²) in [4.78, 5) is 4.07. The van der Waals surface area contributed by atoms with Crippen molar-refractivity contribution in [2.75, 3.05) is 27.2 Å². The normalized spacial score (nSPS) is 18.6. The second kappa shape index (κ2) is 6.39. The van der Waals surface area contributed by atoms with Crippen molar-refractivity contribution in [3.05, 3.63) is 29.0 Å². The molecule has 0 amide bonds. The van der Waals surface area contributed by atoms with Crippen LogP contribution in [0, 0.1) is 5.92 Å². The molecule has 1 aromatic heterocycles. The Kier molecular flexibility index (Phi) is 5.01. The topological polar surface area (TPSA) is 53.5 Å². The maximum absolute atomic E-state index is 12.0. The average Bonchev–Trinajstić information content (AvgIpc) is 2.42. The zero-order valence-electron chi connectivity index (χ0n) is 11.8. The Bertz CT molecular complexity index is 554. The maximum atomic E-state index is 12.0. The van der Waals surface area contributed by atoms with Gasteiger partial charge >= 0.3 is 0 Å². The van der Waals surface area contributed by atoms with Crippen LogP contribution in [0.2, 0.25) is 5.15 Å². The number of piperidine rings is 1. The highest BCUT2D eigenvalue weighted by Gasteiger charge is 2.29. The van der Waals surface area contributed by atoms with Crippen LogP contribution in [0.1, 0.15) is 18.4 Å². The van der Waals surface area contributed by atoms with Crippen molar-refractivity contribution in [1.29, 1.82) is 0 Å². The van der Waals surface area contributed by atoms with E-state index in [9.17, 15) is 8.42 Å². The van der Waals surface area contributed by atoms with Gasteiger partial charge < -0.3 is 0 Å². The van der Waals surface area contributed by atoms with Crippen molar-refractivity contribution in [3.63, 3.8) is 0 Å². The summed E-state index contributed by atoms with van der Waals surface area (Å²) in [5.74, 6) is 0.463. The minimum Gasteiger partial charge on any atom is -0.244 e. The largest absolute Gasteiger partial charge is 0.281 e. The first kappa shape index (κ1) is 15.7. The van der Waals surface area contributed by atoms with Crippen LogP contribution in [-0.2, 0) is 16.6 Å². The number of aromatic nitrogens is 1. The fourth-order valence-electron chi connectivity index (χ4n) is 2.46. The molecule has 0 bridgehead atoms. The molecule has 112 valence electrons. The molecule has 5 nitrogen and oxygen atoms in total. The van der Waals surface area contributed by atoms with Crippen LogP contribution in [0.5, 0.6) is 0 Å². The molecular weight excluding hydrogens is 298 g/mol. The summed E-state index contributed by atoms with van der Waals surface area (Å²) in [5, 5.41) is 0.552. The van der Waals surface area contributed by atoms with Gasteiger partial charge in [0.15, 0.2) is 0 Å². The van der Waals surface area contributed by atoms with Gasteiger partial charge in [0.25, 0.3) is 10.2 Å². The quantitative estimate of drug-likeness (QED) is 0.796. The number of halogens is 1. The van der Waals surface area contributed by atoms with Crippen molar-refractivity contribution >= 4 is 21.8 Å². The summed E-state index contributed by atoms with van der Waals surface area (Å²) in [5.41, 5.74) is 1.04. The number of rotatable bonds is 4. The fourth-order valence-corrected chi connectivity index (χ4v) is 3.79. The van der Waals surface area contributed by atoms with Gasteiger partial charge in [-0.05, 0) is 36.8 Å². The molecule has 7 heteroatoms. The van der Waals surface area contributed by atoms with Crippen molar-refractivity contribution in [2.45, 2.75) is 19.3 Å². The van der Waals surface area contributed by atoms with Gasteiger partial charge in [-0.25, -0.2) is 4.98 Å². The van der Waals surface area contributed by atoms with Crippen LogP contribution in [0.25, 0.3) is 0 Å². The molecule has 2 heterocycles. The molecule has 1 fully saturated rings. The highest BCUT2D eigenvalue weighted by Crippen LogP contribution is 2.25. The lowest BCUT2D eigenvalue weighted by molar-refractivity contribution is 0.262. The number of nitrogens with zero attached hydrogens (tertiary/aromatic N) is 3. The molecule has 0 atom stereocenters. The summed E-state index contributed by atoms with van der Waals surface area (Å²) < 4.78 is 26.9. The third kappa shape index (κ3) is 3.49. The molecule has 2 rings (SSSR count). The van der Waals surface area contributed by atoms with E-state index in [0.29, 0.717) is 24.2 Å². The van der Waals surface area contributed by atoms with E-state index in [1.165, 1.54) is 4.31 Å². The van der Waals surface area contributed by atoms with Gasteiger partial charge in [0.05, 0.1) is 0 Å². The lowest BCUT2D eigenvalue weighted by Crippen LogP contribution is -2.44. The second-order valence-corrected chi connectivity index (χ2v) is 7.79. The molecule has 20 heavy (non-hydrogen) atoms. The number of hydrogen-bond donors (Lipinski definition) is 0. The Balaban J connectivity index is 1.94. The molecule has 0 radical (unpaired) electrons. The van der Waals surface area contributed by atoms with Gasteiger partial charge in [0.1, 0.15) is 5.15 Å². The van der Waals surface area contributed by atoms with E-state index in [4.69, 9.17) is 11.6 Å². The van der Waals surface area contributed by atoms with Gasteiger partial charge in [-0.3, -0.25) is 0 Å². The van der Waals surface area contributed by atoms with Crippen LogP contribution in [0.15, 0.2) is 18.3 Å². The van der Waals surface area contributed by atoms with Gasteiger partial charge in [-0.1, -0.05) is 17.7 Å².